The predicted octanol–water partition coefficient (Wildman–Crippen LogP) is 3.24. The molecule has 0 aliphatic carbocycles. The van der Waals surface area contributed by atoms with Crippen LogP contribution in [0.25, 0.3) is 11.0 Å². The summed E-state index contributed by atoms with van der Waals surface area (Å²) in [6.45, 7) is 0. The van der Waals surface area contributed by atoms with Gasteiger partial charge in [0.25, 0.3) is 5.55 Å². The zero-order chi connectivity index (χ0) is 15.4. The van der Waals surface area contributed by atoms with Crippen LogP contribution in [0.3, 0.4) is 0 Å². The quantitative estimate of drug-likeness (QED) is 0.752. The lowest BCUT2D eigenvalue weighted by molar-refractivity contribution is 0.414. The molecular formula is C17H13N3O2. The Morgan fingerprint density at radius 1 is 1.14 bits per heavy atom. The van der Waals surface area contributed by atoms with Crippen LogP contribution in [0, 0.1) is 11.3 Å². The smallest absolute Gasteiger partial charge is 0.254 e. The van der Waals surface area contributed by atoms with E-state index in [2.05, 4.69) is 16.6 Å². The first-order valence-corrected chi connectivity index (χ1v) is 6.67. The first kappa shape index (κ1) is 13.7. The molecule has 3 aromatic rings. The molecule has 1 heterocycles. The van der Waals surface area contributed by atoms with Gasteiger partial charge >= 0.3 is 0 Å². The summed E-state index contributed by atoms with van der Waals surface area (Å²) in [6, 6.07) is 18.7. The minimum atomic E-state index is 0.229. The van der Waals surface area contributed by atoms with E-state index in [1.165, 1.54) is 0 Å². The van der Waals surface area contributed by atoms with Crippen LogP contribution in [0.1, 0.15) is 5.56 Å². The Kier molecular flexibility index (Phi) is 3.75. The normalized spacial score (nSPS) is 11.2. The number of nitrogens with one attached hydrogen (secondary N) is 1. The first-order chi connectivity index (χ1) is 10.8. The molecule has 0 radical (unpaired) electrons. The number of hydrogen-bond donors (Lipinski definition) is 1. The van der Waals surface area contributed by atoms with Gasteiger partial charge < -0.3 is 9.15 Å². The van der Waals surface area contributed by atoms with Crippen molar-refractivity contribution in [3.8, 4) is 11.8 Å². The maximum atomic E-state index is 9.25. The number of ether oxygens (including phenoxy) is 1. The van der Waals surface area contributed by atoms with Gasteiger partial charge in [0.15, 0.2) is 0 Å². The molecule has 3 rings (SSSR count). The highest BCUT2D eigenvalue weighted by atomic mass is 16.5. The third-order valence-corrected chi connectivity index (χ3v) is 3.14. The zero-order valence-electron chi connectivity index (χ0n) is 11.9. The van der Waals surface area contributed by atoms with Crippen molar-refractivity contribution >= 4 is 16.7 Å². The fourth-order valence-corrected chi connectivity index (χ4v) is 2.02. The highest BCUT2D eigenvalue weighted by Gasteiger charge is 2.04. The summed E-state index contributed by atoms with van der Waals surface area (Å²) in [5.74, 6) is 0.683. The van der Waals surface area contributed by atoms with Crippen LogP contribution in [0.2, 0.25) is 0 Å². The molecule has 0 unspecified atom stereocenters. The van der Waals surface area contributed by atoms with Gasteiger partial charge in [-0.25, -0.2) is 0 Å². The molecule has 1 aromatic heterocycles. The highest BCUT2D eigenvalue weighted by molar-refractivity contribution is 5.79. The van der Waals surface area contributed by atoms with E-state index in [0.29, 0.717) is 16.9 Å². The minimum absolute atomic E-state index is 0.229. The second-order valence-corrected chi connectivity index (χ2v) is 4.57. The standard InChI is InChI=1S/C17H13N3O2/c1-21-15-8-7-12-9-13(11-18)17(22-16(12)10-15)20-19-14-5-3-2-4-6-14/h2-10,19H,1H3/b20-17+. The summed E-state index contributed by atoms with van der Waals surface area (Å²) in [7, 11) is 1.59. The minimum Gasteiger partial charge on any atom is -0.497 e. The molecule has 5 nitrogen and oxygen atoms in total. The molecule has 22 heavy (non-hydrogen) atoms. The summed E-state index contributed by atoms with van der Waals surface area (Å²) in [5.41, 5.74) is 4.88. The van der Waals surface area contributed by atoms with E-state index in [1.54, 1.807) is 19.2 Å². The van der Waals surface area contributed by atoms with Crippen molar-refractivity contribution in [1.82, 2.24) is 0 Å². The third kappa shape index (κ3) is 2.76. The Labute approximate surface area is 127 Å². The van der Waals surface area contributed by atoms with Crippen molar-refractivity contribution < 1.29 is 9.15 Å². The SMILES string of the molecule is COc1ccc2cc(C#N)/c(=N\Nc3ccccc3)oc2c1. The van der Waals surface area contributed by atoms with Gasteiger partial charge in [0, 0.05) is 11.5 Å². The molecule has 0 aliphatic heterocycles. The molecule has 1 N–H and O–H groups in total. The zero-order valence-corrected chi connectivity index (χ0v) is 11.9. The van der Waals surface area contributed by atoms with Gasteiger partial charge in [-0.15, -0.1) is 5.10 Å². The number of nitrogens with zero attached hydrogens (tertiary/aromatic N) is 2. The van der Waals surface area contributed by atoms with Crippen molar-refractivity contribution in [1.29, 1.82) is 5.26 Å². The van der Waals surface area contributed by atoms with E-state index in [9.17, 15) is 5.26 Å². The summed E-state index contributed by atoms with van der Waals surface area (Å²) in [5, 5.41) is 14.2. The van der Waals surface area contributed by atoms with Crippen molar-refractivity contribution in [2.45, 2.75) is 0 Å². The lowest BCUT2D eigenvalue weighted by Crippen LogP contribution is -2.09. The summed E-state index contributed by atoms with van der Waals surface area (Å²) in [4.78, 5) is 0. The molecular weight excluding hydrogens is 278 g/mol. The molecule has 0 saturated heterocycles. The lowest BCUT2D eigenvalue weighted by atomic mass is 10.2. The molecule has 108 valence electrons. The van der Waals surface area contributed by atoms with Crippen molar-refractivity contribution in [3.05, 3.63) is 65.7 Å². The second-order valence-electron chi connectivity index (χ2n) is 4.57. The first-order valence-electron chi connectivity index (χ1n) is 6.67. The lowest BCUT2D eigenvalue weighted by Gasteiger charge is -2.03. The van der Waals surface area contributed by atoms with Crippen LogP contribution < -0.4 is 15.7 Å². The average molecular weight is 291 g/mol. The maximum absolute atomic E-state index is 9.25. The molecule has 0 saturated carbocycles. The molecule has 2 aromatic carbocycles. The van der Waals surface area contributed by atoms with E-state index >= 15 is 0 Å². The Morgan fingerprint density at radius 3 is 2.68 bits per heavy atom. The number of benzene rings is 2. The molecule has 0 aliphatic rings. The number of hydrogen-bond acceptors (Lipinski definition) is 5. The molecule has 0 atom stereocenters. The Hall–Kier alpha value is -3.26. The van der Waals surface area contributed by atoms with Crippen LogP contribution in [0.4, 0.5) is 5.69 Å². The van der Waals surface area contributed by atoms with Gasteiger partial charge in [0.2, 0.25) is 0 Å². The number of fused-ring (bicyclic) bond motifs is 1. The molecule has 0 bridgehead atoms. The van der Waals surface area contributed by atoms with Crippen molar-refractivity contribution in [2.24, 2.45) is 5.10 Å². The molecule has 0 spiro atoms. The van der Waals surface area contributed by atoms with Gasteiger partial charge in [-0.05, 0) is 30.3 Å². The Balaban J connectivity index is 2.09. The van der Waals surface area contributed by atoms with Crippen LogP contribution in [-0.2, 0) is 0 Å². The van der Waals surface area contributed by atoms with Crippen LogP contribution in [0.5, 0.6) is 5.75 Å². The highest BCUT2D eigenvalue weighted by Crippen LogP contribution is 2.20. The summed E-state index contributed by atoms with van der Waals surface area (Å²) < 4.78 is 10.9. The Morgan fingerprint density at radius 2 is 1.95 bits per heavy atom. The van der Waals surface area contributed by atoms with E-state index in [1.807, 2.05) is 42.5 Å². The number of nitriles is 1. The third-order valence-electron chi connectivity index (χ3n) is 3.14. The summed E-state index contributed by atoms with van der Waals surface area (Å²) >= 11 is 0. The fraction of sp³-hybridized carbons (Fsp3) is 0.0588. The average Bonchev–Trinajstić information content (AvgIpc) is 2.59. The van der Waals surface area contributed by atoms with Gasteiger partial charge in [-0.2, -0.15) is 5.26 Å². The number of rotatable bonds is 3. The number of para-hydroxylation sites is 1. The van der Waals surface area contributed by atoms with E-state index in [-0.39, 0.29) is 5.55 Å². The Bertz CT molecular complexity index is 909. The van der Waals surface area contributed by atoms with Gasteiger partial charge in [-0.3, -0.25) is 5.43 Å². The summed E-state index contributed by atoms with van der Waals surface area (Å²) in [6.07, 6.45) is 0. The fourth-order valence-electron chi connectivity index (χ4n) is 2.02. The van der Waals surface area contributed by atoms with E-state index in [4.69, 9.17) is 9.15 Å². The predicted molar refractivity (Wildman–Crippen MR) is 83.1 cm³/mol. The topological polar surface area (TPSA) is 70.5 Å². The van der Waals surface area contributed by atoms with Gasteiger partial charge in [-0.1, -0.05) is 18.2 Å². The molecule has 0 amide bonds. The van der Waals surface area contributed by atoms with E-state index < -0.39 is 0 Å². The second kappa shape index (κ2) is 6.02. The van der Waals surface area contributed by atoms with Crippen molar-refractivity contribution in [2.75, 3.05) is 12.5 Å². The maximum Gasteiger partial charge on any atom is 0.254 e. The van der Waals surface area contributed by atoms with Crippen LogP contribution in [0.15, 0.2) is 64.1 Å². The van der Waals surface area contributed by atoms with Crippen molar-refractivity contribution in [3.63, 3.8) is 0 Å². The largest absolute Gasteiger partial charge is 0.497 e. The monoisotopic (exact) mass is 291 g/mol. The van der Waals surface area contributed by atoms with Gasteiger partial charge in [0.05, 0.1) is 12.8 Å². The van der Waals surface area contributed by atoms with Crippen LogP contribution >= 0.6 is 0 Å². The van der Waals surface area contributed by atoms with E-state index in [0.717, 1.165) is 11.1 Å². The van der Waals surface area contributed by atoms with Crippen LogP contribution in [-0.4, -0.2) is 7.11 Å². The number of anilines is 1. The van der Waals surface area contributed by atoms with Gasteiger partial charge in [0.1, 0.15) is 23.0 Å². The molecule has 0 fully saturated rings. The number of methoxy groups -OCH3 is 1. The molecule has 5 heteroatoms.